The molecule has 0 saturated heterocycles. The average molecular weight is 539 g/mol. The van der Waals surface area contributed by atoms with E-state index in [2.05, 4.69) is 20.6 Å². The molecule has 0 spiro atoms. The lowest BCUT2D eigenvalue weighted by atomic mass is 10.1. The lowest BCUT2D eigenvalue weighted by Gasteiger charge is -2.25. The number of nitrogens with zero attached hydrogens (tertiary/aromatic N) is 2. The van der Waals surface area contributed by atoms with Gasteiger partial charge in [0.2, 0.25) is 6.79 Å². The van der Waals surface area contributed by atoms with Crippen LogP contribution >= 0.6 is 0 Å². The number of nitrogens with one attached hydrogen (secondary N) is 4. The van der Waals surface area contributed by atoms with Crippen molar-refractivity contribution in [2.24, 2.45) is 4.99 Å². The van der Waals surface area contributed by atoms with Crippen molar-refractivity contribution in [2.75, 3.05) is 18.2 Å². The van der Waals surface area contributed by atoms with E-state index < -0.39 is 18.9 Å². The second-order valence-electron chi connectivity index (χ2n) is 9.02. The number of aryl methyl sites for hydroxylation is 1. The maximum Gasteiger partial charge on any atom is 0.423 e. The predicted octanol–water partition coefficient (Wildman–Crippen LogP) is 3.57. The highest BCUT2D eigenvalue weighted by atomic mass is 16.7. The summed E-state index contributed by atoms with van der Waals surface area (Å²) in [5, 5.41) is 13.4. The van der Waals surface area contributed by atoms with E-state index in [1.807, 2.05) is 6.92 Å². The fourth-order valence-corrected chi connectivity index (χ4v) is 3.69. The number of aliphatic imine (C=N–C) groups is 1. The van der Waals surface area contributed by atoms with Crippen LogP contribution in [0.25, 0.3) is 0 Å². The molecule has 1 aromatic carbocycles. The number of hydrogen-bond acceptors (Lipinski definition) is 7. The number of amides is 3. The zero-order chi connectivity index (χ0) is 28.5. The summed E-state index contributed by atoms with van der Waals surface area (Å²) in [5.74, 6) is -1.20. The lowest BCUT2D eigenvalue weighted by Crippen LogP contribution is -2.40. The van der Waals surface area contributed by atoms with Gasteiger partial charge in [0.05, 0.1) is 16.9 Å². The number of carbonyl (C=O) groups excluding carboxylic acids is 4. The molecule has 0 atom stereocenters. The molecule has 1 aliphatic carbocycles. The van der Waals surface area contributed by atoms with E-state index >= 15 is 0 Å². The summed E-state index contributed by atoms with van der Waals surface area (Å²) in [6.45, 7) is 6.81. The number of ether oxygens (including phenoxy) is 2. The van der Waals surface area contributed by atoms with Gasteiger partial charge in [-0.05, 0) is 56.4 Å². The molecule has 4 N–H and O–H groups in total. The molecular weight excluding hydrogens is 504 g/mol. The van der Waals surface area contributed by atoms with Gasteiger partial charge in [0.25, 0.3) is 11.8 Å². The van der Waals surface area contributed by atoms with Gasteiger partial charge in [-0.1, -0.05) is 19.9 Å². The third-order valence-electron chi connectivity index (χ3n) is 6.04. The normalized spacial score (nSPS) is 12.9. The second kappa shape index (κ2) is 13.4. The molecule has 0 radical (unpaired) electrons. The van der Waals surface area contributed by atoms with Crippen LogP contribution < -0.4 is 15.5 Å². The molecule has 0 aliphatic heterocycles. The van der Waals surface area contributed by atoms with Crippen molar-refractivity contribution >= 4 is 41.7 Å². The van der Waals surface area contributed by atoms with Gasteiger partial charge in [-0.15, -0.1) is 0 Å². The zero-order valence-electron chi connectivity index (χ0n) is 22.6. The molecule has 3 amide bonds. The topological polar surface area (TPSA) is 166 Å². The van der Waals surface area contributed by atoms with Crippen molar-refractivity contribution < 1.29 is 28.7 Å². The van der Waals surface area contributed by atoms with E-state index in [1.165, 1.54) is 12.3 Å². The van der Waals surface area contributed by atoms with Gasteiger partial charge in [0.15, 0.2) is 5.84 Å². The van der Waals surface area contributed by atoms with E-state index in [-0.39, 0.29) is 41.5 Å². The van der Waals surface area contributed by atoms with Crippen molar-refractivity contribution in [3.8, 4) is 0 Å². The van der Waals surface area contributed by atoms with E-state index in [4.69, 9.17) is 14.9 Å². The first-order valence-corrected chi connectivity index (χ1v) is 12.8. The third kappa shape index (κ3) is 7.30. The van der Waals surface area contributed by atoms with Crippen molar-refractivity contribution in [2.45, 2.75) is 59.4 Å². The number of H-pyrrole nitrogens is 1. The summed E-state index contributed by atoms with van der Waals surface area (Å²) < 4.78 is 10.2. The molecule has 2 aromatic rings. The molecule has 0 bridgehead atoms. The van der Waals surface area contributed by atoms with Crippen LogP contribution in [0, 0.1) is 19.3 Å². The van der Waals surface area contributed by atoms with Crippen LogP contribution in [0.3, 0.4) is 0 Å². The summed E-state index contributed by atoms with van der Waals surface area (Å²) in [5.41, 5.74) is 2.29. The highest BCUT2D eigenvalue weighted by Gasteiger charge is 2.31. The molecule has 1 aliphatic rings. The highest BCUT2D eigenvalue weighted by Crippen LogP contribution is 2.27. The largest absolute Gasteiger partial charge is 0.428 e. The monoisotopic (exact) mass is 538 g/mol. The average Bonchev–Trinajstić information content (AvgIpc) is 3.65. The van der Waals surface area contributed by atoms with Gasteiger partial charge in [0, 0.05) is 30.8 Å². The molecule has 39 heavy (non-hydrogen) atoms. The van der Waals surface area contributed by atoms with Crippen LogP contribution in [-0.4, -0.2) is 60.4 Å². The Bertz CT molecular complexity index is 1280. The Kier molecular flexibility index (Phi) is 9.96. The van der Waals surface area contributed by atoms with Gasteiger partial charge < -0.3 is 25.1 Å². The molecule has 12 heteroatoms. The Labute approximate surface area is 226 Å². The van der Waals surface area contributed by atoms with Crippen molar-refractivity contribution in [3.05, 3.63) is 52.3 Å². The summed E-state index contributed by atoms with van der Waals surface area (Å²) in [7, 11) is 0. The van der Waals surface area contributed by atoms with Gasteiger partial charge in [-0.2, -0.15) is 0 Å². The predicted molar refractivity (Wildman–Crippen MR) is 145 cm³/mol. The first-order chi connectivity index (χ1) is 18.7. The van der Waals surface area contributed by atoms with E-state index in [0.717, 1.165) is 30.5 Å². The van der Waals surface area contributed by atoms with Crippen molar-refractivity contribution in [1.82, 2.24) is 15.6 Å². The van der Waals surface area contributed by atoms with Gasteiger partial charge in [-0.3, -0.25) is 19.8 Å². The highest BCUT2D eigenvalue weighted by molar-refractivity contribution is 6.24. The van der Waals surface area contributed by atoms with E-state index in [9.17, 15) is 19.2 Å². The number of aromatic nitrogens is 1. The minimum Gasteiger partial charge on any atom is -0.428 e. The van der Waals surface area contributed by atoms with Crippen LogP contribution in [0.15, 0.2) is 29.4 Å². The van der Waals surface area contributed by atoms with Gasteiger partial charge in [-0.25, -0.2) is 14.7 Å². The van der Waals surface area contributed by atoms with Gasteiger partial charge in [0.1, 0.15) is 6.34 Å². The van der Waals surface area contributed by atoms with Crippen molar-refractivity contribution in [1.29, 1.82) is 5.41 Å². The fraction of sp³-hybridized carbons (Fsp3) is 0.407. The number of hydrogen-bond donors (Lipinski definition) is 4. The standard InChI is InChI=1S/C27H34N6O6/c1-5-11-29-26(36)20-13-30-23(17(20)4)24(31-14-28)33(27(37)39-15-38-22(34)6-2)21-12-18(8-7-16(21)3)25(35)32-19-9-10-19/h7-8,12-14,19,28,30H,5-6,9-11,15H2,1-4H3,(H,29,36)(H,32,35)/b28-14?,31-24+. The molecular formula is C27H34N6O6. The quantitative estimate of drug-likeness (QED) is 0.148. The Morgan fingerprint density at radius 2 is 1.90 bits per heavy atom. The number of anilines is 1. The molecule has 12 nitrogen and oxygen atoms in total. The smallest absolute Gasteiger partial charge is 0.423 e. The number of amidine groups is 1. The Morgan fingerprint density at radius 3 is 2.54 bits per heavy atom. The number of benzene rings is 1. The van der Waals surface area contributed by atoms with Crippen LogP contribution in [0.5, 0.6) is 0 Å². The first-order valence-electron chi connectivity index (χ1n) is 12.8. The minimum absolute atomic E-state index is 0.0493. The maximum atomic E-state index is 13.5. The number of rotatable bonds is 11. The van der Waals surface area contributed by atoms with E-state index in [0.29, 0.717) is 28.8 Å². The maximum absolute atomic E-state index is 13.5. The summed E-state index contributed by atoms with van der Waals surface area (Å²) >= 11 is 0. The number of esters is 1. The molecule has 1 aromatic heterocycles. The van der Waals surface area contributed by atoms with Crippen LogP contribution in [0.1, 0.15) is 77.1 Å². The Morgan fingerprint density at radius 1 is 1.15 bits per heavy atom. The first kappa shape index (κ1) is 29.1. The summed E-state index contributed by atoms with van der Waals surface area (Å²) in [6, 6.07) is 4.98. The minimum atomic E-state index is -0.965. The molecule has 1 saturated carbocycles. The summed E-state index contributed by atoms with van der Waals surface area (Å²) in [4.78, 5) is 58.7. The second-order valence-corrected chi connectivity index (χ2v) is 9.02. The van der Waals surface area contributed by atoms with Crippen molar-refractivity contribution in [3.63, 3.8) is 0 Å². The van der Waals surface area contributed by atoms with Gasteiger partial charge >= 0.3 is 12.1 Å². The zero-order valence-corrected chi connectivity index (χ0v) is 22.6. The molecule has 1 heterocycles. The van der Waals surface area contributed by atoms with E-state index in [1.54, 1.807) is 32.9 Å². The molecule has 208 valence electrons. The fourth-order valence-electron chi connectivity index (χ4n) is 3.69. The molecule has 0 unspecified atom stereocenters. The van der Waals surface area contributed by atoms with Crippen LogP contribution in [0.2, 0.25) is 0 Å². The Hall–Kier alpha value is -4.48. The Balaban J connectivity index is 2.07. The SMILES string of the molecule is CCCNC(=O)c1c[nH]c(/C(=N\C=N)N(C(=O)OCOC(=O)CC)c2cc(C(=O)NC3CC3)ccc2C)c1C. The third-order valence-corrected chi connectivity index (χ3v) is 6.04. The molecule has 1 fully saturated rings. The van der Waals surface area contributed by atoms with Crippen LogP contribution in [0.4, 0.5) is 10.5 Å². The lowest BCUT2D eigenvalue weighted by molar-refractivity contribution is -0.151. The number of aromatic amines is 1. The number of carbonyl (C=O) groups is 4. The van der Waals surface area contributed by atoms with Crippen LogP contribution in [-0.2, 0) is 14.3 Å². The summed E-state index contributed by atoms with van der Waals surface area (Å²) in [6.07, 6.45) is 3.97. The molecule has 3 rings (SSSR count).